The minimum atomic E-state index is -1.56. The van der Waals surface area contributed by atoms with E-state index in [0.717, 1.165) is 4.90 Å². The summed E-state index contributed by atoms with van der Waals surface area (Å²) in [5, 5.41) is 21.0. The van der Waals surface area contributed by atoms with Gasteiger partial charge >= 0.3 is 59.1 Å². The van der Waals surface area contributed by atoms with Gasteiger partial charge in [-0.25, -0.2) is 6.29 Å². The molecule has 0 aliphatic heterocycles. The monoisotopic (exact) mass is 307 g/mol. The fourth-order valence-electron chi connectivity index (χ4n) is 1.17. The van der Waals surface area contributed by atoms with Crippen LogP contribution >= 0.6 is 0 Å². The van der Waals surface area contributed by atoms with E-state index < -0.39 is 31.1 Å². The first kappa shape index (κ1) is 32.2. The number of aliphatic carboxylic acids is 2. The van der Waals surface area contributed by atoms with Crippen molar-refractivity contribution in [2.45, 2.75) is 18.9 Å². The zero-order chi connectivity index (χ0) is 12.6. The van der Waals surface area contributed by atoms with Crippen LogP contribution < -0.4 is 69.3 Å². The van der Waals surface area contributed by atoms with E-state index in [-0.39, 0.29) is 82.9 Å². The minimum absolute atomic E-state index is 0. The molecule has 0 spiro atoms. The van der Waals surface area contributed by atoms with Crippen LogP contribution in [0.3, 0.4) is 0 Å². The Balaban J connectivity index is -0.000000187. The molecule has 0 saturated heterocycles. The summed E-state index contributed by atoms with van der Waals surface area (Å²) in [5.41, 5.74) is 0. The zero-order valence-electron chi connectivity index (χ0n) is 11.2. The van der Waals surface area contributed by atoms with Crippen molar-refractivity contribution in [3.05, 3.63) is 0 Å². The Labute approximate surface area is 159 Å². The summed E-state index contributed by atoms with van der Waals surface area (Å²) < 4.78 is 0. The molecule has 0 aromatic carbocycles. The maximum absolute atomic E-state index is 10.7. The second-order valence-corrected chi connectivity index (χ2v) is 2.94. The standard InChI is InChI=1S/C9H11NO6.2Na.2H2O/c11-4-1-2-7(9(15)16)10(3-5-12)6-8(13)14;;;;/h7H,1-3,6H2,(H,13,14)(H,15,16);;;2*1H2/q-2;2*+1;;/p-4/t7-;;;;/m0..../s1. The van der Waals surface area contributed by atoms with Crippen molar-refractivity contribution in [2.24, 2.45) is 0 Å². The number of carbonyl (C=O) groups is 2. The summed E-state index contributed by atoms with van der Waals surface area (Å²) >= 11 is 0. The van der Waals surface area contributed by atoms with E-state index >= 15 is 0 Å². The molecule has 20 heavy (non-hydrogen) atoms. The number of hydrogen-bond donors (Lipinski definition) is 0. The molecular formula is C9H11NNa2O8-4. The second kappa shape index (κ2) is 19.2. The van der Waals surface area contributed by atoms with Crippen molar-refractivity contribution in [1.29, 1.82) is 0 Å². The summed E-state index contributed by atoms with van der Waals surface area (Å²) in [6, 6.07) is -1.35. The zero-order valence-corrected chi connectivity index (χ0v) is 15.2. The van der Waals surface area contributed by atoms with Gasteiger partial charge in [0.1, 0.15) is 0 Å². The Morgan fingerprint density at radius 1 is 1.05 bits per heavy atom. The number of carbonyl (C=O) groups excluding carboxylic acids is 4. The van der Waals surface area contributed by atoms with Gasteiger partial charge in [-0.2, -0.15) is 6.42 Å². The molecule has 9 nitrogen and oxygen atoms in total. The van der Waals surface area contributed by atoms with E-state index in [0.29, 0.717) is 0 Å². The largest absolute Gasteiger partial charge is 1.00 e. The van der Waals surface area contributed by atoms with Crippen molar-refractivity contribution < 1.29 is 99.5 Å². The van der Waals surface area contributed by atoms with Crippen LogP contribution in [0.4, 0.5) is 0 Å². The Morgan fingerprint density at radius 3 is 1.85 bits per heavy atom. The average Bonchev–Trinajstić information content (AvgIpc) is 2.17. The molecule has 0 aliphatic carbocycles. The van der Waals surface area contributed by atoms with Crippen molar-refractivity contribution in [3.8, 4) is 0 Å². The Morgan fingerprint density at radius 2 is 1.55 bits per heavy atom. The number of hydrogen-bond acceptors (Lipinski definition) is 9. The van der Waals surface area contributed by atoms with Gasteiger partial charge in [-0.05, 0) is 0 Å². The van der Waals surface area contributed by atoms with Crippen LogP contribution in [0, 0.1) is 0 Å². The van der Waals surface area contributed by atoms with Crippen molar-refractivity contribution in [2.75, 3.05) is 13.1 Å². The van der Waals surface area contributed by atoms with Crippen molar-refractivity contribution in [3.63, 3.8) is 0 Å². The number of carboxylic acids is 2. The molecule has 0 fully saturated rings. The summed E-state index contributed by atoms with van der Waals surface area (Å²) in [5.74, 6) is -3.09. The van der Waals surface area contributed by atoms with E-state index in [1.165, 1.54) is 12.6 Å². The number of nitrogens with zero attached hydrogens (tertiary/aromatic N) is 1. The van der Waals surface area contributed by atoms with Crippen LogP contribution in [0.15, 0.2) is 0 Å². The predicted molar refractivity (Wildman–Crippen MR) is 49.9 cm³/mol. The van der Waals surface area contributed by atoms with Crippen LogP contribution in [0.5, 0.6) is 0 Å². The van der Waals surface area contributed by atoms with Crippen LogP contribution in [-0.4, -0.2) is 59.5 Å². The molecule has 106 valence electrons. The summed E-state index contributed by atoms with van der Waals surface area (Å²) in [4.78, 5) is 41.9. The average molecular weight is 307 g/mol. The van der Waals surface area contributed by atoms with Gasteiger partial charge in [0.05, 0.1) is 11.9 Å². The smallest absolute Gasteiger partial charge is 0.870 e. The normalized spacial score (nSPS) is 9.65. The van der Waals surface area contributed by atoms with Crippen LogP contribution in [0.25, 0.3) is 0 Å². The topological polar surface area (TPSA) is 178 Å². The van der Waals surface area contributed by atoms with E-state index in [1.54, 1.807) is 0 Å². The van der Waals surface area contributed by atoms with Gasteiger partial charge in [0.15, 0.2) is 0 Å². The third-order valence-corrected chi connectivity index (χ3v) is 1.83. The molecule has 0 saturated carbocycles. The molecule has 1 atom stereocenters. The molecule has 11 heteroatoms. The van der Waals surface area contributed by atoms with Gasteiger partial charge in [-0.1, -0.05) is 13.0 Å². The molecule has 0 rings (SSSR count). The fourth-order valence-corrected chi connectivity index (χ4v) is 1.17. The first-order chi connectivity index (χ1) is 7.52. The van der Waals surface area contributed by atoms with E-state index in [4.69, 9.17) is 0 Å². The second-order valence-electron chi connectivity index (χ2n) is 2.94. The van der Waals surface area contributed by atoms with E-state index in [2.05, 4.69) is 0 Å². The van der Waals surface area contributed by atoms with Crippen molar-refractivity contribution >= 4 is 24.5 Å². The summed E-state index contributed by atoms with van der Waals surface area (Å²) in [6.07, 6.45) is 2.48. The molecule has 0 aliphatic rings. The molecule has 0 heterocycles. The quantitative estimate of drug-likeness (QED) is 0.295. The first-order valence-corrected chi connectivity index (χ1v) is 4.37. The van der Waals surface area contributed by atoms with Gasteiger partial charge in [0.25, 0.3) is 0 Å². The van der Waals surface area contributed by atoms with E-state index in [1.807, 2.05) is 0 Å². The van der Waals surface area contributed by atoms with Gasteiger partial charge in [-0.3, -0.25) is 6.29 Å². The van der Waals surface area contributed by atoms with Crippen LogP contribution in [0.1, 0.15) is 12.8 Å². The van der Waals surface area contributed by atoms with Gasteiger partial charge in [0, 0.05) is 12.6 Å². The van der Waals surface area contributed by atoms with Crippen molar-refractivity contribution in [1.82, 2.24) is 4.90 Å². The SMILES string of the molecule is O=[C-]CC[C@@H](C(=O)[O-])N(C[C-]=O)CC(=O)[O-].[Na+].[Na+].[OH-].[OH-]. The van der Waals surface area contributed by atoms with Gasteiger partial charge in [0.2, 0.25) is 0 Å². The minimum Gasteiger partial charge on any atom is -0.870 e. The summed E-state index contributed by atoms with van der Waals surface area (Å²) in [7, 11) is 0. The Kier molecular flexibility index (Phi) is 30.8. The Bertz CT molecular complexity index is 289. The molecule has 0 radical (unpaired) electrons. The summed E-state index contributed by atoms with van der Waals surface area (Å²) in [6.45, 7) is -1.25. The van der Waals surface area contributed by atoms with E-state index in [9.17, 15) is 29.4 Å². The maximum Gasteiger partial charge on any atom is 1.00 e. The fraction of sp³-hybridized carbons (Fsp3) is 0.556. The molecule has 0 aromatic heterocycles. The predicted octanol–water partition coefficient (Wildman–Crippen LogP) is -10.2. The molecule has 0 amide bonds. The molecule has 0 unspecified atom stereocenters. The van der Waals surface area contributed by atoms with Crippen LogP contribution in [-0.2, 0) is 19.2 Å². The molecular weight excluding hydrogens is 296 g/mol. The van der Waals surface area contributed by atoms with Gasteiger partial charge in [-0.15, -0.1) is 0 Å². The number of carboxylic acid groups (broad SMARTS) is 2. The Hall–Kier alpha value is 0.160. The maximum atomic E-state index is 10.7. The first-order valence-electron chi connectivity index (χ1n) is 4.37. The van der Waals surface area contributed by atoms with Gasteiger partial charge < -0.3 is 45.2 Å². The number of rotatable bonds is 9. The molecule has 2 N–H and O–H groups in total. The molecule has 0 aromatic rings. The molecule has 0 bridgehead atoms. The third kappa shape index (κ3) is 14.6. The third-order valence-electron chi connectivity index (χ3n) is 1.83. The van der Waals surface area contributed by atoms with Crippen LogP contribution in [0.2, 0.25) is 0 Å².